The molecular formula is C15H18N2O3S. The van der Waals surface area contributed by atoms with Crippen molar-refractivity contribution in [2.24, 2.45) is 5.92 Å². The van der Waals surface area contributed by atoms with Crippen LogP contribution in [0.3, 0.4) is 0 Å². The van der Waals surface area contributed by atoms with Gasteiger partial charge in [-0.05, 0) is 43.0 Å². The van der Waals surface area contributed by atoms with Crippen LogP contribution in [0.5, 0.6) is 5.75 Å². The van der Waals surface area contributed by atoms with Crippen LogP contribution in [0.1, 0.15) is 43.0 Å². The van der Waals surface area contributed by atoms with Crippen LogP contribution in [0.25, 0.3) is 10.2 Å². The van der Waals surface area contributed by atoms with Crippen molar-refractivity contribution in [3.63, 3.8) is 0 Å². The number of H-pyrrole nitrogens is 1. The van der Waals surface area contributed by atoms with Crippen LogP contribution in [0.15, 0.2) is 16.2 Å². The standard InChI is InChI=1S/C15H18N2O3S/c1-8-2-4-9(5-3-8)16-14(19)11-12(18)13-10(6-7-21-13)17-15(11)20/h6-9H,2-5H2,1H3,(H,16,19)(H2,17,18,20). The number of thiophene rings is 1. The number of pyridine rings is 1. The van der Waals surface area contributed by atoms with Gasteiger partial charge in [-0.2, -0.15) is 0 Å². The molecule has 21 heavy (non-hydrogen) atoms. The summed E-state index contributed by atoms with van der Waals surface area (Å²) < 4.78 is 0.539. The van der Waals surface area contributed by atoms with E-state index < -0.39 is 11.5 Å². The molecule has 0 aromatic carbocycles. The molecule has 2 aromatic heterocycles. The van der Waals surface area contributed by atoms with E-state index >= 15 is 0 Å². The molecule has 5 nitrogen and oxygen atoms in total. The molecule has 0 bridgehead atoms. The Balaban J connectivity index is 1.86. The molecule has 0 aliphatic heterocycles. The molecule has 0 radical (unpaired) electrons. The zero-order valence-electron chi connectivity index (χ0n) is 11.8. The third-order valence-corrected chi connectivity index (χ3v) is 5.09. The van der Waals surface area contributed by atoms with E-state index in [4.69, 9.17) is 0 Å². The van der Waals surface area contributed by atoms with E-state index in [1.54, 1.807) is 11.4 Å². The smallest absolute Gasteiger partial charge is 0.265 e. The normalized spacial score (nSPS) is 22.3. The van der Waals surface area contributed by atoms with Gasteiger partial charge in [0.2, 0.25) is 0 Å². The maximum absolute atomic E-state index is 12.3. The number of carbonyl (C=O) groups excluding carboxylic acids is 1. The highest BCUT2D eigenvalue weighted by Gasteiger charge is 2.24. The number of aromatic nitrogens is 1. The highest BCUT2D eigenvalue weighted by molar-refractivity contribution is 7.17. The Morgan fingerprint density at radius 3 is 2.81 bits per heavy atom. The SMILES string of the molecule is CC1CCC(NC(=O)c2c(O)c3sccc3[nH]c2=O)CC1. The minimum Gasteiger partial charge on any atom is -0.505 e. The fourth-order valence-corrected chi connectivity index (χ4v) is 3.67. The Hall–Kier alpha value is -1.82. The molecular weight excluding hydrogens is 288 g/mol. The van der Waals surface area contributed by atoms with E-state index in [1.165, 1.54) is 11.3 Å². The summed E-state index contributed by atoms with van der Waals surface area (Å²) >= 11 is 1.30. The molecule has 1 aliphatic rings. The van der Waals surface area contributed by atoms with Gasteiger partial charge in [0.05, 0.1) is 10.2 Å². The Kier molecular flexibility index (Phi) is 3.71. The average Bonchev–Trinajstić information content (AvgIpc) is 2.90. The summed E-state index contributed by atoms with van der Waals surface area (Å²) in [6.07, 6.45) is 4.01. The molecule has 6 heteroatoms. The lowest BCUT2D eigenvalue weighted by molar-refractivity contribution is 0.0919. The van der Waals surface area contributed by atoms with Crippen LogP contribution in [-0.2, 0) is 0 Å². The molecule has 1 fully saturated rings. The summed E-state index contributed by atoms with van der Waals surface area (Å²) in [5.74, 6) is -0.00791. The molecule has 1 aliphatic carbocycles. The van der Waals surface area contributed by atoms with E-state index in [2.05, 4.69) is 17.2 Å². The molecule has 0 atom stereocenters. The maximum Gasteiger partial charge on any atom is 0.265 e. The van der Waals surface area contributed by atoms with Crippen molar-refractivity contribution >= 4 is 27.5 Å². The number of carbonyl (C=O) groups is 1. The number of amides is 1. The summed E-state index contributed by atoms with van der Waals surface area (Å²) in [5.41, 5.74) is -0.158. The fraction of sp³-hybridized carbons (Fsp3) is 0.467. The predicted molar refractivity (Wildman–Crippen MR) is 83.0 cm³/mol. The van der Waals surface area contributed by atoms with Crippen LogP contribution in [0, 0.1) is 5.92 Å². The van der Waals surface area contributed by atoms with Gasteiger partial charge in [-0.25, -0.2) is 0 Å². The van der Waals surface area contributed by atoms with Crippen molar-refractivity contribution in [1.29, 1.82) is 0 Å². The molecule has 2 aromatic rings. The van der Waals surface area contributed by atoms with E-state index in [1.807, 2.05) is 0 Å². The van der Waals surface area contributed by atoms with Gasteiger partial charge in [0.25, 0.3) is 11.5 Å². The fourth-order valence-electron chi connectivity index (χ4n) is 2.87. The second-order valence-electron chi connectivity index (χ2n) is 5.77. The Labute approximate surface area is 126 Å². The largest absolute Gasteiger partial charge is 0.505 e. The summed E-state index contributed by atoms with van der Waals surface area (Å²) in [4.78, 5) is 27.0. The van der Waals surface area contributed by atoms with E-state index in [0.717, 1.165) is 25.7 Å². The van der Waals surface area contributed by atoms with Gasteiger partial charge >= 0.3 is 0 Å². The highest BCUT2D eigenvalue weighted by Crippen LogP contribution is 2.30. The van der Waals surface area contributed by atoms with Gasteiger partial charge < -0.3 is 15.4 Å². The lowest BCUT2D eigenvalue weighted by atomic mass is 9.87. The van der Waals surface area contributed by atoms with Crippen molar-refractivity contribution in [3.8, 4) is 5.75 Å². The van der Waals surface area contributed by atoms with E-state index in [0.29, 0.717) is 16.1 Å². The number of nitrogens with one attached hydrogen (secondary N) is 2. The van der Waals surface area contributed by atoms with Crippen molar-refractivity contribution < 1.29 is 9.90 Å². The molecule has 0 saturated heterocycles. The van der Waals surface area contributed by atoms with Crippen LogP contribution >= 0.6 is 11.3 Å². The molecule has 112 valence electrons. The third-order valence-electron chi connectivity index (χ3n) is 4.17. The molecule has 1 saturated carbocycles. The summed E-state index contributed by atoms with van der Waals surface area (Å²) in [6, 6.07) is 1.80. The number of hydrogen-bond acceptors (Lipinski definition) is 4. The molecule has 2 heterocycles. The number of hydrogen-bond donors (Lipinski definition) is 3. The van der Waals surface area contributed by atoms with Crippen LogP contribution in [-0.4, -0.2) is 22.0 Å². The first-order valence-electron chi connectivity index (χ1n) is 7.19. The Bertz CT molecular complexity index is 726. The van der Waals surface area contributed by atoms with Crippen molar-refractivity contribution in [1.82, 2.24) is 10.3 Å². The number of aromatic hydroxyl groups is 1. The number of rotatable bonds is 2. The number of aromatic amines is 1. The van der Waals surface area contributed by atoms with Gasteiger partial charge in [-0.3, -0.25) is 9.59 Å². The average molecular weight is 306 g/mol. The zero-order chi connectivity index (χ0) is 15.0. The van der Waals surface area contributed by atoms with Gasteiger partial charge in [-0.15, -0.1) is 11.3 Å². The lowest BCUT2D eigenvalue weighted by Crippen LogP contribution is -2.39. The van der Waals surface area contributed by atoms with Gasteiger partial charge in [0.1, 0.15) is 5.56 Å². The molecule has 3 N–H and O–H groups in total. The summed E-state index contributed by atoms with van der Waals surface area (Å²) in [7, 11) is 0. The van der Waals surface area contributed by atoms with Crippen LogP contribution in [0.4, 0.5) is 0 Å². The zero-order valence-corrected chi connectivity index (χ0v) is 12.6. The monoisotopic (exact) mass is 306 g/mol. The second kappa shape index (κ2) is 5.52. The first-order chi connectivity index (χ1) is 10.1. The van der Waals surface area contributed by atoms with Crippen molar-refractivity contribution in [3.05, 3.63) is 27.4 Å². The minimum absolute atomic E-state index is 0.0894. The Morgan fingerprint density at radius 2 is 2.10 bits per heavy atom. The second-order valence-corrected chi connectivity index (χ2v) is 6.69. The Morgan fingerprint density at radius 1 is 1.38 bits per heavy atom. The third kappa shape index (κ3) is 2.68. The van der Waals surface area contributed by atoms with E-state index in [-0.39, 0.29) is 17.4 Å². The van der Waals surface area contributed by atoms with Crippen LogP contribution < -0.4 is 10.9 Å². The van der Waals surface area contributed by atoms with Crippen molar-refractivity contribution in [2.45, 2.75) is 38.6 Å². The molecule has 0 spiro atoms. The van der Waals surface area contributed by atoms with Gasteiger partial charge in [0.15, 0.2) is 5.75 Å². The summed E-state index contributed by atoms with van der Waals surface area (Å²) in [6.45, 7) is 2.21. The van der Waals surface area contributed by atoms with E-state index in [9.17, 15) is 14.7 Å². The van der Waals surface area contributed by atoms with Crippen LogP contribution in [0.2, 0.25) is 0 Å². The minimum atomic E-state index is -0.542. The van der Waals surface area contributed by atoms with Gasteiger partial charge in [0, 0.05) is 6.04 Å². The predicted octanol–water partition coefficient (Wildman–Crippen LogP) is 2.60. The summed E-state index contributed by atoms with van der Waals surface area (Å²) in [5, 5.41) is 14.8. The lowest BCUT2D eigenvalue weighted by Gasteiger charge is -2.26. The highest BCUT2D eigenvalue weighted by atomic mass is 32.1. The van der Waals surface area contributed by atoms with Gasteiger partial charge in [-0.1, -0.05) is 6.92 Å². The van der Waals surface area contributed by atoms with Crippen molar-refractivity contribution in [2.75, 3.05) is 0 Å². The first-order valence-corrected chi connectivity index (χ1v) is 8.07. The maximum atomic E-state index is 12.3. The topological polar surface area (TPSA) is 82.2 Å². The molecule has 1 amide bonds. The number of fused-ring (bicyclic) bond motifs is 1. The first kappa shape index (κ1) is 14.1. The quantitative estimate of drug-likeness (QED) is 0.797. The molecule has 0 unspecified atom stereocenters. The molecule has 3 rings (SSSR count).